The molecule has 0 saturated carbocycles. The van der Waals surface area contributed by atoms with E-state index in [9.17, 15) is 22.8 Å². The van der Waals surface area contributed by atoms with Crippen molar-refractivity contribution in [3.63, 3.8) is 0 Å². The monoisotopic (exact) mass is 435 g/mol. The second-order valence-corrected chi connectivity index (χ2v) is 8.14. The van der Waals surface area contributed by atoms with Crippen molar-refractivity contribution in [2.45, 2.75) is 24.7 Å². The largest absolute Gasteiger partial charge is 0.416 e. The molecule has 3 heterocycles. The summed E-state index contributed by atoms with van der Waals surface area (Å²) in [5.41, 5.74) is -0.0876. The van der Waals surface area contributed by atoms with Crippen molar-refractivity contribution in [1.29, 1.82) is 0 Å². The number of anilines is 1. The SMILES string of the molecule is O=C1[C@H]2[C@@H](C(=O)N1c1cccc(C(F)(F)F)c1)N1CCCN1[C@@H]2c1ccc(Cl)cc1. The van der Waals surface area contributed by atoms with Crippen LogP contribution in [0.5, 0.6) is 0 Å². The molecule has 3 aliphatic heterocycles. The van der Waals surface area contributed by atoms with E-state index >= 15 is 0 Å². The van der Waals surface area contributed by atoms with Gasteiger partial charge in [-0.15, -0.1) is 0 Å². The number of hydrazine groups is 1. The topological polar surface area (TPSA) is 43.9 Å². The molecule has 0 unspecified atom stereocenters. The highest BCUT2D eigenvalue weighted by molar-refractivity contribution is 6.30. The average Bonchev–Trinajstić information content (AvgIpc) is 3.34. The fraction of sp³-hybridized carbons (Fsp3) is 0.333. The first-order valence-electron chi connectivity index (χ1n) is 9.61. The highest BCUT2D eigenvalue weighted by Crippen LogP contribution is 2.49. The number of carbonyl (C=O) groups excluding carboxylic acids is 2. The van der Waals surface area contributed by atoms with Crippen LogP contribution in [-0.2, 0) is 15.8 Å². The lowest BCUT2D eigenvalue weighted by molar-refractivity contribution is -0.137. The molecular weight excluding hydrogens is 419 g/mol. The summed E-state index contributed by atoms with van der Waals surface area (Å²) in [6.45, 7) is 1.34. The number of nitrogens with zero attached hydrogens (tertiary/aromatic N) is 3. The molecule has 0 radical (unpaired) electrons. The third kappa shape index (κ3) is 2.85. The Kier molecular flexibility index (Phi) is 4.43. The van der Waals surface area contributed by atoms with Crippen LogP contribution in [-0.4, -0.2) is 41.0 Å². The number of fused-ring (bicyclic) bond motifs is 3. The van der Waals surface area contributed by atoms with Gasteiger partial charge in [0.05, 0.1) is 23.2 Å². The normalized spacial score (nSPS) is 27.1. The number of benzene rings is 2. The summed E-state index contributed by atoms with van der Waals surface area (Å²) < 4.78 is 39.5. The molecule has 3 saturated heterocycles. The van der Waals surface area contributed by atoms with Crippen molar-refractivity contribution in [1.82, 2.24) is 10.0 Å². The van der Waals surface area contributed by atoms with Crippen LogP contribution < -0.4 is 4.90 Å². The average molecular weight is 436 g/mol. The number of carbonyl (C=O) groups is 2. The molecule has 9 heteroatoms. The minimum absolute atomic E-state index is 0.0465. The molecule has 5 rings (SSSR count). The molecule has 0 spiro atoms. The third-order valence-corrected chi connectivity index (χ3v) is 6.30. The summed E-state index contributed by atoms with van der Waals surface area (Å²) >= 11 is 6.00. The molecule has 3 atom stereocenters. The summed E-state index contributed by atoms with van der Waals surface area (Å²) in [6, 6.07) is 10.4. The number of amides is 2. The van der Waals surface area contributed by atoms with Crippen molar-refractivity contribution in [3.05, 3.63) is 64.7 Å². The van der Waals surface area contributed by atoms with Crippen LogP contribution in [0.2, 0.25) is 5.02 Å². The van der Waals surface area contributed by atoms with E-state index in [0.717, 1.165) is 29.0 Å². The number of alkyl halides is 3. The predicted octanol–water partition coefficient (Wildman–Crippen LogP) is 3.89. The van der Waals surface area contributed by atoms with Gasteiger partial charge >= 0.3 is 6.18 Å². The molecule has 3 fully saturated rings. The lowest BCUT2D eigenvalue weighted by atomic mass is 9.90. The Morgan fingerprint density at radius 3 is 2.23 bits per heavy atom. The Balaban J connectivity index is 1.56. The minimum atomic E-state index is -4.56. The van der Waals surface area contributed by atoms with Crippen molar-refractivity contribution in [2.24, 2.45) is 5.92 Å². The smallest absolute Gasteiger partial charge is 0.274 e. The van der Waals surface area contributed by atoms with Gasteiger partial charge in [0.25, 0.3) is 5.91 Å². The zero-order valence-corrected chi connectivity index (χ0v) is 16.4. The second-order valence-electron chi connectivity index (χ2n) is 7.71. The van der Waals surface area contributed by atoms with Gasteiger partial charge in [0, 0.05) is 18.1 Å². The molecule has 0 aliphatic carbocycles. The van der Waals surface area contributed by atoms with Crippen molar-refractivity contribution < 1.29 is 22.8 Å². The van der Waals surface area contributed by atoms with E-state index in [1.165, 1.54) is 12.1 Å². The molecular formula is C21H17ClF3N3O2. The van der Waals surface area contributed by atoms with Crippen molar-refractivity contribution in [3.8, 4) is 0 Å². The molecule has 0 N–H and O–H groups in total. The van der Waals surface area contributed by atoms with Crippen LogP contribution in [0, 0.1) is 5.92 Å². The van der Waals surface area contributed by atoms with Crippen LogP contribution in [0.3, 0.4) is 0 Å². The maximum Gasteiger partial charge on any atom is 0.416 e. The Morgan fingerprint density at radius 2 is 1.57 bits per heavy atom. The number of imide groups is 1. The fourth-order valence-corrected chi connectivity index (χ4v) is 4.98. The number of halogens is 4. The molecule has 3 aliphatic rings. The van der Waals surface area contributed by atoms with Gasteiger partial charge in [-0.2, -0.15) is 13.2 Å². The lowest BCUT2D eigenvalue weighted by Crippen LogP contribution is -2.44. The molecule has 2 aromatic carbocycles. The number of hydrogen-bond donors (Lipinski definition) is 0. The van der Waals surface area contributed by atoms with Crippen LogP contribution in [0.25, 0.3) is 0 Å². The zero-order valence-electron chi connectivity index (χ0n) is 15.6. The van der Waals surface area contributed by atoms with Crippen molar-refractivity contribution in [2.75, 3.05) is 18.0 Å². The molecule has 156 valence electrons. The molecule has 0 aromatic heterocycles. The maximum absolute atomic E-state index is 13.4. The minimum Gasteiger partial charge on any atom is -0.274 e. The van der Waals surface area contributed by atoms with Crippen LogP contribution >= 0.6 is 11.6 Å². The van der Waals surface area contributed by atoms with E-state index in [1.807, 2.05) is 22.2 Å². The first-order chi connectivity index (χ1) is 14.3. The number of rotatable bonds is 2. The molecule has 2 aromatic rings. The van der Waals surface area contributed by atoms with E-state index in [-0.39, 0.29) is 11.7 Å². The van der Waals surface area contributed by atoms with E-state index in [2.05, 4.69) is 0 Å². The summed E-state index contributed by atoms with van der Waals surface area (Å²) in [5, 5.41) is 4.50. The van der Waals surface area contributed by atoms with Gasteiger partial charge in [-0.05, 0) is 42.3 Å². The molecule has 30 heavy (non-hydrogen) atoms. The molecule has 0 bridgehead atoms. The van der Waals surface area contributed by atoms with Gasteiger partial charge in [-0.1, -0.05) is 29.8 Å². The molecule has 5 nitrogen and oxygen atoms in total. The predicted molar refractivity (Wildman–Crippen MR) is 103 cm³/mol. The van der Waals surface area contributed by atoms with Crippen LogP contribution in [0.4, 0.5) is 18.9 Å². The second kappa shape index (κ2) is 6.80. The summed E-state index contributed by atoms with van der Waals surface area (Å²) in [4.78, 5) is 27.6. The van der Waals surface area contributed by atoms with Gasteiger partial charge in [-0.25, -0.2) is 14.9 Å². The standard InChI is InChI=1S/C21H17ClF3N3O2/c22-14-7-5-12(6-8-14)17-16-18(27-10-2-9-26(17)27)20(30)28(19(16)29)15-4-1-3-13(11-15)21(23,24)25/h1,3-8,11,16-18H,2,9-10H2/t16-,17-,18+/m1/s1. The van der Waals surface area contributed by atoms with E-state index in [0.29, 0.717) is 18.1 Å². The van der Waals surface area contributed by atoms with E-state index in [4.69, 9.17) is 11.6 Å². The van der Waals surface area contributed by atoms with Crippen LogP contribution in [0.1, 0.15) is 23.6 Å². The lowest BCUT2D eigenvalue weighted by Gasteiger charge is -2.30. The summed E-state index contributed by atoms with van der Waals surface area (Å²) in [6.07, 6.45) is -3.71. The Labute approximate surface area is 175 Å². The number of hydrogen-bond acceptors (Lipinski definition) is 4. The summed E-state index contributed by atoms with van der Waals surface area (Å²) in [5.74, 6) is -1.64. The zero-order chi connectivity index (χ0) is 21.2. The molecule has 2 amide bonds. The van der Waals surface area contributed by atoms with Gasteiger partial charge in [0.1, 0.15) is 6.04 Å². The Hall–Kier alpha value is -2.42. The Bertz CT molecular complexity index is 1030. The third-order valence-electron chi connectivity index (χ3n) is 6.05. The van der Waals surface area contributed by atoms with E-state index < -0.39 is 35.5 Å². The summed E-state index contributed by atoms with van der Waals surface area (Å²) in [7, 11) is 0. The van der Waals surface area contributed by atoms with Gasteiger partial charge in [0.15, 0.2) is 0 Å². The highest BCUT2D eigenvalue weighted by atomic mass is 35.5. The van der Waals surface area contributed by atoms with Crippen molar-refractivity contribution >= 4 is 29.1 Å². The first kappa shape index (κ1) is 19.5. The van der Waals surface area contributed by atoms with Gasteiger partial charge in [-0.3, -0.25) is 9.59 Å². The Morgan fingerprint density at radius 1 is 0.900 bits per heavy atom. The first-order valence-corrected chi connectivity index (χ1v) is 9.99. The van der Waals surface area contributed by atoms with Crippen LogP contribution in [0.15, 0.2) is 48.5 Å². The quantitative estimate of drug-likeness (QED) is 0.671. The fourth-order valence-electron chi connectivity index (χ4n) is 4.85. The highest BCUT2D eigenvalue weighted by Gasteiger charge is 2.62. The van der Waals surface area contributed by atoms with E-state index in [1.54, 1.807) is 12.1 Å². The van der Waals surface area contributed by atoms with Gasteiger partial charge < -0.3 is 0 Å². The maximum atomic E-state index is 13.4. The van der Waals surface area contributed by atoms with Gasteiger partial charge in [0.2, 0.25) is 5.91 Å².